The van der Waals surface area contributed by atoms with E-state index in [4.69, 9.17) is 4.74 Å². The Morgan fingerprint density at radius 3 is 2.74 bits per heavy atom. The lowest BCUT2D eigenvalue weighted by Gasteiger charge is -2.06. The van der Waals surface area contributed by atoms with Gasteiger partial charge in [-0.3, -0.25) is 4.40 Å². The second-order valence-electron chi connectivity index (χ2n) is 5.27. The Morgan fingerprint density at radius 1 is 1.22 bits per heavy atom. The van der Waals surface area contributed by atoms with E-state index in [1.165, 1.54) is 0 Å². The second kappa shape index (κ2) is 6.48. The number of imidazole rings is 1. The molecule has 3 aromatic rings. The number of carbonyl (C=O) groups excluding carboxylic acids is 1. The zero-order valence-corrected chi connectivity index (χ0v) is 13.2. The van der Waals surface area contributed by atoms with Crippen molar-refractivity contribution in [3.05, 3.63) is 66.1 Å². The normalized spacial score (nSPS) is 11.7. The van der Waals surface area contributed by atoms with Gasteiger partial charge in [-0.05, 0) is 43.2 Å². The fraction of sp³-hybridized carbons (Fsp3) is 0.158. The van der Waals surface area contributed by atoms with E-state index in [1.54, 1.807) is 13.8 Å². The standard InChI is InChI=1S/C19H18N2O2/c1-3-23-19(22)14(2)11-15-7-9-16(10-8-15)18-6-4-5-17-12-20-13-21(17)18/h4-13H,3H2,1-2H3. The molecule has 2 heterocycles. The lowest BCUT2D eigenvalue weighted by molar-refractivity contribution is -0.138. The van der Waals surface area contributed by atoms with E-state index >= 15 is 0 Å². The molecule has 0 bridgehead atoms. The first kappa shape index (κ1) is 15.0. The van der Waals surface area contributed by atoms with Crippen LogP contribution in [0.1, 0.15) is 19.4 Å². The molecule has 0 radical (unpaired) electrons. The summed E-state index contributed by atoms with van der Waals surface area (Å²) in [4.78, 5) is 15.8. The van der Waals surface area contributed by atoms with Crippen LogP contribution in [0.15, 0.2) is 60.6 Å². The summed E-state index contributed by atoms with van der Waals surface area (Å²) in [7, 11) is 0. The molecular formula is C19H18N2O2. The van der Waals surface area contributed by atoms with Gasteiger partial charge in [0.1, 0.15) is 0 Å². The molecule has 0 amide bonds. The molecule has 0 atom stereocenters. The monoisotopic (exact) mass is 306 g/mol. The molecular weight excluding hydrogens is 288 g/mol. The summed E-state index contributed by atoms with van der Waals surface area (Å²) < 4.78 is 7.04. The van der Waals surface area contributed by atoms with Crippen molar-refractivity contribution in [1.29, 1.82) is 0 Å². The number of fused-ring (bicyclic) bond motifs is 1. The van der Waals surface area contributed by atoms with Crippen molar-refractivity contribution >= 4 is 17.6 Å². The molecule has 0 spiro atoms. The fourth-order valence-corrected chi connectivity index (χ4v) is 2.49. The van der Waals surface area contributed by atoms with Crippen LogP contribution in [0.2, 0.25) is 0 Å². The first-order valence-corrected chi connectivity index (χ1v) is 7.56. The summed E-state index contributed by atoms with van der Waals surface area (Å²) in [6, 6.07) is 14.2. The highest BCUT2D eigenvalue weighted by molar-refractivity contribution is 5.93. The van der Waals surface area contributed by atoms with Gasteiger partial charge in [-0.15, -0.1) is 0 Å². The molecule has 0 unspecified atom stereocenters. The van der Waals surface area contributed by atoms with Crippen LogP contribution in [0, 0.1) is 0 Å². The summed E-state index contributed by atoms with van der Waals surface area (Å²) in [5, 5.41) is 0. The Labute approximate surface area is 135 Å². The van der Waals surface area contributed by atoms with Crippen LogP contribution in [0.4, 0.5) is 0 Å². The number of hydrogen-bond donors (Lipinski definition) is 0. The van der Waals surface area contributed by atoms with Gasteiger partial charge in [0, 0.05) is 5.57 Å². The van der Waals surface area contributed by atoms with Gasteiger partial charge >= 0.3 is 5.97 Å². The largest absolute Gasteiger partial charge is 0.463 e. The van der Waals surface area contributed by atoms with Gasteiger partial charge in [-0.2, -0.15) is 0 Å². The number of nitrogens with zero attached hydrogens (tertiary/aromatic N) is 2. The molecule has 0 aliphatic rings. The van der Waals surface area contributed by atoms with Crippen LogP contribution < -0.4 is 0 Å². The predicted molar refractivity (Wildman–Crippen MR) is 90.9 cm³/mol. The molecule has 116 valence electrons. The molecule has 3 rings (SSSR count). The Balaban J connectivity index is 1.89. The summed E-state index contributed by atoms with van der Waals surface area (Å²) >= 11 is 0. The summed E-state index contributed by atoms with van der Waals surface area (Å²) in [5.41, 5.74) is 4.80. The number of esters is 1. The van der Waals surface area contributed by atoms with Gasteiger partial charge in [-0.1, -0.05) is 30.3 Å². The van der Waals surface area contributed by atoms with E-state index in [0.717, 1.165) is 22.3 Å². The average molecular weight is 306 g/mol. The van der Waals surface area contributed by atoms with Crippen molar-refractivity contribution in [3.8, 4) is 11.3 Å². The first-order valence-electron chi connectivity index (χ1n) is 7.56. The van der Waals surface area contributed by atoms with Crippen molar-refractivity contribution in [3.63, 3.8) is 0 Å². The van der Waals surface area contributed by atoms with Gasteiger partial charge in [-0.25, -0.2) is 9.78 Å². The van der Waals surface area contributed by atoms with Crippen LogP contribution in [0.25, 0.3) is 22.9 Å². The first-order chi connectivity index (χ1) is 11.2. The maximum absolute atomic E-state index is 11.7. The minimum Gasteiger partial charge on any atom is -0.463 e. The van der Waals surface area contributed by atoms with Crippen LogP contribution in [-0.4, -0.2) is 22.0 Å². The number of ether oxygens (including phenoxy) is 1. The van der Waals surface area contributed by atoms with E-state index in [2.05, 4.69) is 15.5 Å². The third-order valence-corrected chi connectivity index (χ3v) is 3.63. The maximum Gasteiger partial charge on any atom is 0.333 e. The van der Waals surface area contributed by atoms with Crippen LogP contribution in [0.3, 0.4) is 0 Å². The molecule has 0 saturated carbocycles. The zero-order valence-electron chi connectivity index (χ0n) is 13.2. The number of pyridine rings is 1. The number of rotatable bonds is 4. The Bertz CT molecular complexity index is 860. The number of hydrogen-bond acceptors (Lipinski definition) is 3. The maximum atomic E-state index is 11.7. The van der Waals surface area contributed by atoms with Crippen molar-refractivity contribution in [2.75, 3.05) is 6.61 Å². The molecule has 23 heavy (non-hydrogen) atoms. The molecule has 0 saturated heterocycles. The highest BCUT2D eigenvalue weighted by Gasteiger charge is 2.06. The van der Waals surface area contributed by atoms with Crippen molar-refractivity contribution in [2.45, 2.75) is 13.8 Å². The lowest BCUT2D eigenvalue weighted by Crippen LogP contribution is -2.04. The highest BCUT2D eigenvalue weighted by Crippen LogP contribution is 2.22. The highest BCUT2D eigenvalue weighted by atomic mass is 16.5. The number of carbonyl (C=O) groups is 1. The average Bonchev–Trinajstić information content (AvgIpc) is 3.04. The van der Waals surface area contributed by atoms with Crippen molar-refractivity contribution < 1.29 is 9.53 Å². The SMILES string of the molecule is CCOC(=O)C(C)=Cc1ccc(-c2cccc3cncn23)cc1. The summed E-state index contributed by atoms with van der Waals surface area (Å²) in [6.07, 6.45) is 5.48. The van der Waals surface area contributed by atoms with Crippen LogP contribution >= 0.6 is 0 Å². The van der Waals surface area contributed by atoms with E-state index in [-0.39, 0.29) is 5.97 Å². The van der Waals surface area contributed by atoms with Gasteiger partial charge in [0.25, 0.3) is 0 Å². The molecule has 0 fully saturated rings. The van der Waals surface area contributed by atoms with Crippen molar-refractivity contribution in [2.24, 2.45) is 0 Å². The van der Waals surface area contributed by atoms with Crippen molar-refractivity contribution in [1.82, 2.24) is 9.38 Å². The Morgan fingerprint density at radius 2 is 2.00 bits per heavy atom. The van der Waals surface area contributed by atoms with Crippen LogP contribution in [0.5, 0.6) is 0 Å². The minimum atomic E-state index is -0.278. The lowest BCUT2D eigenvalue weighted by atomic mass is 10.1. The smallest absolute Gasteiger partial charge is 0.333 e. The van der Waals surface area contributed by atoms with Gasteiger partial charge in [0.2, 0.25) is 0 Å². The minimum absolute atomic E-state index is 0.278. The molecule has 1 aromatic carbocycles. The van der Waals surface area contributed by atoms with E-state index in [9.17, 15) is 4.79 Å². The zero-order chi connectivity index (χ0) is 16.2. The Kier molecular flexibility index (Phi) is 4.24. The molecule has 0 aliphatic heterocycles. The third kappa shape index (κ3) is 3.16. The molecule has 0 aliphatic carbocycles. The molecule has 0 N–H and O–H groups in total. The summed E-state index contributed by atoms with van der Waals surface area (Å²) in [6.45, 7) is 3.95. The quantitative estimate of drug-likeness (QED) is 0.541. The van der Waals surface area contributed by atoms with Crippen LogP contribution in [-0.2, 0) is 9.53 Å². The Hall–Kier alpha value is -2.88. The van der Waals surface area contributed by atoms with Gasteiger partial charge < -0.3 is 4.74 Å². The number of benzene rings is 1. The third-order valence-electron chi connectivity index (χ3n) is 3.63. The fourth-order valence-electron chi connectivity index (χ4n) is 2.49. The van der Waals surface area contributed by atoms with Gasteiger partial charge in [0.05, 0.1) is 30.3 Å². The topological polar surface area (TPSA) is 43.6 Å². The second-order valence-corrected chi connectivity index (χ2v) is 5.27. The van der Waals surface area contributed by atoms with E-state index in [0.29, 0.717) is 12.2 Å². The van der Waals surface area contributed by atoms with E-state index < -0.39 is 0 Å². The number of aromatic nitrogens is 2. The van der Waals surface area contributed by atoms with Gasteiger partial charge in [0.15, 0.2) is 0 Å². The molecule has 4 heteroatoms. The molecule has 4 nitrogen and oxygen atoms in total. The van der Waals surface area contributed by atoms with E-state index in [1.807, 2.05) is 55.0 Å². The summed E-state index contributed by atoms with van der Waals surface area (Å²) in [5.74, 6) is -0.278. The molecule has 2 aromatic heterocycles. The predicted octanol–water partition coefficient (Wildman–Crippen LogP) is 3.97.